The standard InChI is InChI=1S/C15H19N3/c1-11-6-5-7-13(16-11)10-18-12(2)17-14-8-3-4-9-15(14)18/h5-7H,3-4,8-10H2,1-2H3. The molecule has 3 rings (SSSR count). The number of hydrogen-bond acceptors (Lipinski definition) is 2. The van der Waals surface area contributed by atoms with Gasteiger partial charge in [-0.15, -0.1) is 0 Å². The third-order valence-electron chi connectivity index (χ3n) is 3.69. The topological polar surface area (TPSA) is 30.7 Å². The maximum Gasteiger partial charge on any atom is 0.106 e. The van der Waals surface area contributed by atoms with Crippen molar-refractivity contribution < 1.29 is 0 Å². The predicted octanol–water partition coefficient (Wildman–Crippen LogP) is 2.82. The Hall–Kier alpha value is -1.64. The second-order valence-corrected chi connectivity index (χ2v) is 5.12. The summed E-state index contributed by atoms with van der Waals surface area (Å²) in [5, 5.41) is 0. The summed E-state index contributed by atoms with van der Waals surface area (Å²) < 4.78 is 2.34. The van der Waals surface area contributed by atoms with E-state index in [9.17, 15) is 0 Å². The molecule has 0 radical (unpaired) electrons. The second kappa shape index (κ2) is 4.56. The molecule has 1 aliphatic carbocycles. The molecule has 3 nitrogen and oxygen atoms in total. The number of nitrogens with zero attached hydrogens (tertiary/aromatic N) is 3. The van der Waals surface area contributed by atoms with Gasteiger partial charge in [0.2, 0.25) is 0 Å². The Morgan fingerprint density at radius 3 is 2.78 bits per heavy atom. The maximum atomic E-state index is 4.70. The molecule has 2 heterocycles. The van der Waals surface area contributed by atoms with Crippen LogP contribution in [0.4, 0.5) is 0 Å². The zero-order valence-electron chi connectivity index (χ0n) is 11.1. The molecule has 1 aliphatic rings. The van der Waals surface area contributed by atoms with Crippen LogP contribution in [0.3, 0.4) is 0 Å². The van der Waals surface area contributed by atoms with E-state index in [1.165, 1.54) is 30.7 Å². The molecule has 0 fully saturated rings. The predicted molar refractivity (Wildman–Crippen MR) is 71.7 cm³/mol. The first-order chi connectivity index (χ1) is 8.74. The summed E-state index contributed by atoms with van der Waals surface area (Å²) in [5.41, 5.74) is 4.96. The van der Waals surface area contributed by atoms with Crippen molar-refractivity contribution in [3.8, 4) is 0 Å². The minimum absolute atomic E-state index is 0.857. The van der Waals surface area contributed by atoms with E-state index in [0.717, 1.165) is 30.2 Å². The smallest absolute Gasteiger partial charge is 0.106 e. The average Bonchev–Trinajstić information content (AvgIpc) is 2.66. The molecule has 3 heteroatoms. The highest BCUT2D eigenvalue weighted by Gasteiger charge is 2.18. The number of hydrogen-bond donors (Lipinski definition) is 0. The van der Waals surface area contributed by atoms with Gasteiger partial charge in [-0.2, -0.15) is 0 Å². The van der Waals surface area contributed by atoms with Gasteiger partial charge in [0.05, 0.1) is 17.9 Å². The van der Waals surface area contributed by atoms with E-state index < -0.39 is 0 Å². The van der Waals surface area contributed by atoms with E-state index in [0.29, 0.717) is 0 Å². The summed E-state index contributed by atoms with van der Waals surface area (Å²) in [4.78, 5) is 9.29. The van der Waals surface area contributed by atoms with Gasteiger partial charge in [0, 0.05) is 11.4 Å². The molecule has 2 aromatic heterocycles. The van der Waals surface area contributed by atoms with Crippen molar-refractivity contribution in [2.24, 2.45) is 0 Å². The molecule has 0 saturated heterocycles. The first kappa shape index (κ1) is 11.5. The Morgan fingerprint density at radius 1 is 1.11 bits per heavy atom. The Bertz CT molecular complexity index is 569. The number of pyridine rings is 1. The van der Waals surface area contributed by atoms with Crippen LogP contribution in [0.15, 0.2) is 18.2 Å². The minimum atomic E-state index is 0.857. The third kappa shape index (κ3) is 2.05. The summed E-state index contributed by atoms with van der Waals surface area (Å²) in [6, 6.07) is 6.22. The van der Waals surface area contributed by atoms with Crippen LogP contribution >= 0.6 is 0 Å². The molecule has 0 spiro atoms. The Morgan fingerprint density at radius 2 is 1.94 bits per heavy atom. The fourth-order valence-corrected chi connectivity index (χ4v) is 2.80. The normalized spacial score (nSPS) is 14.6. The molecule has 0 aliphatic heterocycles. The lowest BCUT2D eigenvalue weighted by Crippen LogP contribution is -2.11. The third-order valence-corrected chi connectivity index (χ3v) is 3.69. The van der Waals surface area contributed by atoms with Crippen LogP contribution in [-0.2, 0) is 19.4 Å². The summed E-state index contributed by atoms with van der Waals surface area (Å²) in [5.74, 6) is 1.13. The molecule has 18 heavy (non-hydrogen) atoms. The summed E-state index contributed by atoms with van der Waals surface area (Å²) >= 11 is 0. The Labute approximate surface area is 108 Å². The number of aromatic nitrogens is 3. The van der Waals surface area contributed by atoms with Crippen LogP contribution in [-0.4, -0.2) is 14.5 Å². The van der Waals surface area contributed by atoms with Crippen LogP contribution in [0.2, 0.25) is 0 Å². The van der Waals surface area contributed by atoms with Crippen LogP contribution in [0.25, 0.3) is 0 Å². The SMILES string of the molecule is Cc1cccc(Cn2c(C)nc3c2CCCC3)n1. The van der Waals surface area contributed by atoms with E-state index in [1.54, 1.807) is 0 Å². The first-order valence-electron chi connectivity index (χ1n) is 6.71. The number of rotatable bonds is 2. The molecule has 0 unspecified atom stereocenters. The largest absolute Gasteiger partial charge is 0.326 e. The monoisotopic (exact) mass is 241 g/mol. The quantitative estimate of drug-likeness (QED) is 0.809. The summed E-state index contributed by atoms with van der Waals surface area (Å²) in [6.07, 6.45) is 4.89. The lowest BCUT2D eigenvalue weighted by molar-refractivity contribution is 0.620. The van der Waals surface area contributed by atoms with E-state index >= 15 is 0 Å². The van der Waals surface area contributed by atoms with Gasteiger partial charge in [-0.3, -0.25) is 4.98 Å². The zero-order chi connectivity index (χ0) is 12.5. The molecule has 0 bridgehead atoms. The van der Waals surface area contributed by atoms with E-state index in [2.05, 4.69) is 28.6 Å². The van der Waals surface area contributed by atoms with Crippen molar-refractivity contribution in [2.75, 3.05) is 0 Å². The summed E-state index contributed by atoms with van der Waals surface area (Å²) in [6.45, 7) is 5.00. The second-order valence-electron chi connectivity index (χ2n) is 5.12. The van der Waals surface area contributed by atoms with Crippen molar-refractivity contribution >= 4 is 0 Å². The number of imidazole rings is 1. The highest BCUT2D eigenvalue weighted by atomic mass is 15.1. The van der Waals surface area contributed by atoms with Crippen LogP contribution < -0.4 is 0 Å². The van der Waals surface area contributed by atoms with Crippen molar-refractivity contribution in [2.45, 2.75) is 46.1 Å². The average molecular weight is 241 g/mol. The van der Waals surface area contributed by atoms with Gasteiger partial charge in [0.1, 0.15) is 5.82 Å². The molecule has 0 saturated carbocycles. The van der Waals surface area contributed by atoms with Gasteiger partial charge in [-0.25, -0.2) is 4.98 Å². The molecular weight excluding hydrogens is 222 g/mol. The van der Waals surface area contributed by atoms with Gasteiger partial charge in [-0.05, 0) is 51.7 Å². The number of fused-ring (bicyclic) bond motifs is 1. The van der Waals surface area contributed by atoms with Gasteiger partial charge in [0.25, 0.3) is 0 Å². The Kier molecular flexibility index (Phi) is 2.90. The maximum absolute atomic E-state index is 4.70. The highest BCUT2D eigenvalue weighted by molar-refractivity contribution is 5.22. The molecular formula is C15H19N3. The molecule has 2 aromatic rings. The molecule has 0 aromatic carbocycles. The number of aryl methyl sites for hydroxylation is 3. The molecule has 0 N–H and O–H groups in total. The molecule has 0 atom stereocenters. The fraction of sp³-hybridized carbons (Fsp3) is 0.467. The molecule has 94 valence electrons. The first-order valence-corrected chi connectivity index (χ1v) is 6.71. The fourth-order valence-electron chi connectivity index (χ4n) is 2.80. The van der Waals surface area contributed by atoms with Crippen molar-refractivity contribution in [1.82, 2.24) is 14.5 Å². The van der Waals surface area contributed by atoms with Crippen LogP contribution in [0, 0.1) is 13.8 Å². The van der Waals surface area contributed by atoms with Gasteiger partial charge in [-0.1, -0.05) is 6.07 Å². The molecule has 0 amide bonds. The van der Waals surface area contributed by atoms with E-state index in [4.69, 9.17) is 4.98 Å². The van der Waals surface area contributed by atoms with Gasteiger partial charge in [0.15, 0.2) is 0 Å². The van der Waals surface area contributed by atoms with Crippen LogP contribution in [0.5, 0.6) is 0 Å². The lowest BCUT2D eigenvalue weighted by atomic mass is 10.0. The Balaban J connectivity index is 1.95. The van der Waals surface area contributed by atoms with Crippen molar-refractivity contribution in [1.29, 1.82) is 0 Å². The van der Waals surface area contributed by atoms with Crippen molar-refractivity contribution in [3.05, 3.63) is 46.8 Å². The van der Waals surface area contributed by atoms with E-state index in [-0.39, 0.29) is 0 Å². The van der Waals surface area contributed by atoms with Crippen LogP contribution in [0.1, 0.15) is 41.4 Å². The minimum Gasteiger partial charge on any atom is -0.326 e. The van der Waals surface area contributed by atoms with Gasteiger partial charge < -0.3 is 4.57 Å². The lowest BCUT2D eigenvalue weighted by Gasteiger charge is -2.14. The van der Waals surface area contributed by atoms with E-state index in [1.807, 2.05) is 13.0 Å². The highest BCUT2D eigenvalue weighted by Crippen LogP contribution is 2.22. The van der Waals surface area contributed by atoms with Gasteiger partial charge >= 0.3 is 0 Å². The zero-order valence-corrected chi connectivity index (χ0v) is 11.1. The van der Waals surface area contributed by atoms with Crippen molar-refractivity contribution in [3.63, 3.8) is 0 Å². The summed E-state index contributed by atoms with van der Waals surface area (Å²) in [7, 11) is 0.